The Morgan fingerprint density at radius 1 is 1.30 bits per heavy atom. The van der Waals surface area contributed by atoms with Crippen LogP contribution in [0.25, 0.3) is 5.50 Å². The van der Waals surface area contributed by atoms with Gasteiger partial charge in [-0.3, -0.25) is 4.57 Å². The summed E-state index contributed by atoms with van der Waals surface area (Å²) in [4.78, 5) is 0. The van der Waals surface area contributed by atoms with Crippen LogP contribution in [0.4, 0.5) is 0 Å². The van der Waals surface area contributed by atoms with Crippen LogP contribution in [0, 0.1) is 0 Å². The van der Waals surface area contributed by atoms with Crippen molar-refractivity contribution in [1.82, 2.24) is 0 Å². The molecule has 0 bridgehead atoms. The molecule has 1 N–H and O–H groups in total. The third-order valence-electron chi connectivity index (χ3n) is 0.598. The first-order chi connectivity index (χ1) is 4.12. The smallest absolute Gasteiger partial charge is 0.571 e. The summed E-state index contributed by atoms with van der Waals surface area (Å²) in [6, 6.07) is 0. The van der Waals surface area contributed by atoms with E-state index in [0.717, 1.165) is 0 Å². The minimum Gasteiger partial charge on any atom is -0.571 e. The van der Waals surface area contributed by atoms with E-state index in [1.165, 1.54) is 0 Å². The molecule has 0 aromatic carbocycles. The predicted octanol–water partition coefficient (Wildman–Crippen LogP) is -0.776. The Kier molecular flexibility index (Phi) is 8.54. The van der Waals surface area contributed by atoms with E-state index in [0.29, 0.717) is 0 Å². The third-order valence-corrected chi connectivity index (χ3v) is 1.79. The zero-order valence-electron chi connectivity index (χ0n) is 6.59. The normalized spacial score (nSPS) is 10.7. The van der Waals surface area contributed by atoms with Crippen molar-refractivity contribution in [3.63, 3.8) is 0 Å². The van der Waals surface area contributed by atoms with Gasteiger partial charge in [0.05, 0.1) is 13.2 Å². The van der Waals surface area contributed by atoms with Crippen LogP contribution in [0.1, 0.15) is 13.8 Å². The fourth-order valence-corrected chi connectivity index (χ4v) is 1.13. The quantitative estimate of drug-likeness (QED) is 0.399. The van der Waals surface area contributed by atoms with Crippen LogP contribution in [-0.2, 0) is 13.6 Å². The van der Waals surface area contributed by atoms with Crippen molar-refractivity contribution in [2.75, 3.05) is 13.2 Å². The number of nitrogens with one attached hydrogen (secondary N) is 1. The Labute approximate surface area is 73.2 Å². The van der Waals surface area contributed by atoms with Crippen LogP contribution in [0.3, 0.4) is 0 Å². The largest absolute Gasteiger partial charge is 1.00 e. The monoisotopic (exact) mass is 159 g/mol. The van der Waals surface area contributed by atoms with Gasteiger partial charge in [-0.1, -0.05) is 0 Å². The Balaban J connectivity index is 0. The maximum Gasteiger partial charge on any atom is 1.00 e. The second-order valence-corrected chi connectivity index (χ2v) is 2.84. The molecule has 56 valence electrons. The van der Waals surface area contributed by atoms with Gasteiger partial charge in [-0.05, 0) is 13.8 Å². The molecule has 0 fully saturated rings. The molecule has 0 aliphatic rings. The van der Waals surface area contributed by atoms with E-state index in [2.05, 4.69) is 9.05 Å². The van der Waals surface area contributed by atoms with Gasteiger partial charge in [0.15, 0.2) is 0 Å². The summed E-state index contributed by atoms with van der Waals surface area (Å²) in [5, 5.41) is 0. The van der Waals surface area contributed by atoms with Crippen LogP contribution in [0.5, 0.6) is 0 Å². The Morgan fingerprint density at radius 2 is 1.60 bits per heavy atom. The van der Waals surface area contributed by atoms with Crippen LogP contribution in [0.15, 0.2) is 0 Å². The maximum absolute atomic E-state index is 10.6. The fourth-order valence-electron chi connectivity index (χ4n) is 0.377. The third kappa shape index (κ3) is 6.82. The summed E-state index contributed by atoms with van der Waals surface area (Å²) < 4.78 is 19.6. The molecular weight excluding hydrogens is 148 g/mol. The molecule has 10 heavy (non-hydrogen) atoms. The van der Waals surface area contributed by atoms with Gasteiger partial charge in [-0.25, -0.2) is 0 Å². The predicted molar refractivity (Wildman–Crippen MR) is 35.2 cm³/mol. The molecule has 0 radical (unpaired) electrons. The summed E-state index contributed by atoms with van der Waals surface area (Å²) in [7, 11) is -3.44. The maximum atomic E-state index is 10.6. The minimum atomic E-state index is -3.44. The van der Waals surface area contributed by atoms with Gasteiger partial charge in [-0.15, -0.1) is 0 Å². The molecule has 0 unspecified atom stereocenters. The van der Waals surface area contributed by atoms with Gasteiger partial charge in [0, 0.05) is 0 Å². The molecule has 6 heteroatoms. The van der Waals surface area contributed by atoms with E-state index < -0.39 is 7.75 Å². The first-order valence-corrected chi connectivity index (χ1v) is 4.31. The Hall–Kier alpha value is 0.707. The number of hydrogen-bond acceptors (Lipinski definition) is 3. The summed E-state index contributed by atoms with van der Waals surface area (Å²) in [5.41, 5.74) is 6.84. The van der Waals surface area contributed by atoms with Gasteiger partial charge >= 0.3 is 18.9 Å². The molecule has 0 atom stereocenters. The van der Waals surface area contributed by atoms with Crippen molar-refractivity contribution in [2.45, 2.75) is 13.8 Å². The van der Waals surface area contributed by atoms with Gasteiger partial charge in [0.1, 0.15) is 0 Å². The van der Waals surface area contributed by atoms with Crippen molar-refractivity contribution in [3.05, 3.63) is 5.50 Å². The molecule has 0 spiro atoms. The van der Waals surface area contributed by atoms with E-state index in [1.54, 1.807) is 13.8 Å². The molecule has 0 aliphatic carbocycles. The van der Waals surface area contributed by atoms with E-state index >= 15 is 0 Å². The standard InChI is InChI=1S/C4H11NO3P.Li/c1-3-7-9(5,6)8-4-2;/h3-4H2,1-2H3,(H-,5,6);/q-1;+1. The number of rotatable bonds is 4. The summed E-state index contributed by atoms with van der Waals surface area (Å²) >= 11 is 0. The van der Waals surface area contributed by atoms with Crippen LogP contribution < -0.4 is 18.9 Å². The van der Waals surface area contributed by atoms with Crippen molar-refractivity contribution < 1.29 is 32.5 Å². The van der Waals surface area contributed by atoms with Gasteiger partial charge in [0.2, 0.25) is 7.75 Å². The molecule has 0 aromatic rings. The van der Waals surface area contributed by atoms with E-state index in [9.17, 15) is 4.57 Å². The van der Waals surface area contributed by atoms with Crippen molar-refractivity contribution in [1.29, 1.82) is 0 Å². The molecular formula is C4H11LiNO3P. The van der Waals surface area contributed by atoms with Gasteiger partial charge < -0.3 is 14.6 Å². The first-order valence-electron chi connectivity index (χ1n) is 2.76. The Morgan fingerprint density at radius 3 is 1.80 bits per heavy atom. The molecule has 4 nitrogen and oxygen atoms in total. The van der Waals surface area contributed by atoms with Crippen molar-refractivity contribution in [3.8, 4) is 0 Å². The number of hydrogen-bond donors (Lipinski definition) is 0. The van der Waals surface area contributed by atoms with Crippen LogP contribution in [-0.4, -0.2) is 13.2 Å². The average Bonchev–Trinajstić information content (AvgIpc) is 1.64. The van der Waals surface area contributed by atoms with Crippen LogP contribution >= 0.6 is 7.75 Å². The fraction of sp³-hybridized carbons (Fsp3) is 1.00. The molecule has 0 saturated carbocycles. The molecule has 0 heterocycles. The van der Waals surface area contributed by atoms with Gasteiger partial charge in [0.25, 0.3) is 0 Å². The molecule has 0 amide bonds. The van der Waals surface area contributed by atoms with E-state index in [1.807, 2.05) is 0 Å². The summed E-state index contributed by atoms with van der Waals surface area (Å²) in [5.74, 6) is 0. The van der Waals surface area contributed by atoms with Crippen molar-refractivity contribution in [2.24, 2.45) is 0 Å². The van der Waals surface area contributed by atoms with E-state index in [-0.39, 0.29) is 32.1 Å². The second-order valence-electron chi connectivity index (χ2n) is 1.33. The Bertz CT molecular complexity index is 111. The van der Waals surface area contributed by atoms with Crippen LogP contribution in [0.2, 0.25) is 0 Å². The second kappa shape index (κ2) is 6.42. The van der Waals surface area contributed by atoms with Crippen molar-refractivity contribution >= 4 is 7.75 Å². The SMILES string of the molecule is CCOP([NH-])(=O)OCC.[Li+]. The zero-order valence-corrected chi connectivity index (χ0v) is 7.48. The average molecular weight is 159 g/mol. The molecule has 0 saturated heterocycles. The molecule has 0 rings (SSSR count). The molecule has 0 aromatic heterocycles. The minimum absolute atomic E-state index is 0. The first kappa shape index (κ1) is 13.3. The zero-order chi connectivity index (χ0) is 7.33. The van der Waals surface area contributed by atoms with E-state index in [4.69, 9.17) is 5.50 Å². The summed E-state index contributed by atoms with van der Waals surface area (Å²) in [6.07, 6.45) is 0. The molecule has 0 aliphatic heterocycles. The topological polar surface area (TPSA) is 59.3 Å². The van der Waals surface area contributed by atoms with Gasteiger partial charge in [-0.2, -0.15) is 0 Å². The summed E-state index contributed by atoms with van der Waals surface area (Å²) in [6.45, 7) is 3.84.